The molecular formula is CH6N2O3PS+. The first kappa shape index (κ1) is 10.6. The molecule has 0 rings (SSSR count). The lowest BCUT2D eigenvalue weighted by Gasteiger charge is -1.68. The lowest BCUT2D eigenvalue weighted by atomic mass is 11.3. The molecule has 0 spiro atoms. The largest absolute Gasteiger partial charge is 0.692 e. The van der Waals surface area contributed by atoms with E-state index in [1.807, 2.05) is 0 Å². The molecule has 0 unspecified atom stereocenters. The zero-order valence-electron chi connectivity index (χ0n) is 3.81. The lowest BCUT2D eigenvalue weighted by Crippen LogP contribution is -2.18. The molecule has 0 aromatic carbocycles. The first-order chi connectivity index (χ1) is 3.46. The SMILES string of the molecule is NC(N)=S.O=[P+](O)O. The maximum absolute atomic E-state index is 8.70. The van der Waals surface area contributed by atoms with Gasteiger partial charge in [0.15, 0.2) is 5.11 Å². The van der Waals surface area contributed by atoms with Gasteiger partial charge in [0, 0.05) is 4.57 Å². The van der Waals surface area contributed by atoms with E-state index in [1.165, 1.54) is 0 Å². The van der Waals surface area contributed by atoms with Crippen LogP contribution in [0.3, 0.4) is 0 Å². The lowest BCUT2D eigenvalue weighted by molar-refractivity contribution is 0.405. The quantitative estimate of drug-likeness (QED) is 0.260. The molecule has 48 valence electrons. The van der Waals surface area contributed by atoms with Crippen LogP contribution in [0.5, 0.6) is 0 Å². The maximum Gasteiger partial charge on any atom is 0.692 e. The van der Waals surface area contributed by atoms with Gasteiger partial charge in [0.25, 0.3) is 0 Å². The summed E-state index contributed by atoms with van der Waals surface area (Å²) in [6.07, 6.45) is 0. The predicted octanol–water partition coefficient (Wildman–Crippen LogP) is -1.18. The molecule has 0 saturated heterocycles. The normalized spacial score (nSPS) is 6.25. The van der Waals surface area contributed by atoms with Gasteiger partial charge in [0.05, 0.1) is 0 Å². The molecule has 0 amide bonds. The minimum Gasteiger partial charge on any atom is -0.377 e. The van der Waals surface area contributed by atoms with Crippen molar-refractivity contribution in [1.29, 1.82) is 0 Å². The summed E-state index contributed by atoms with van der Waals surface area (Å²) in [6.45, 7) is 0. The highest BCUT2D eigenvalue weighted by Crippen LogP contribution is 1.98. The first-order valence-corrected chi connectivity index (χ1v) is 2.94. The Morgan fingerprint density at radius 2 is 1.50 bits per heavy atom. The second kappa shape index (κ2) is 6.71. The number of rotatable bonds is 0. The van der Waals surface area contributed by atoms with E-state index in [-0.39, 0.29) is 5.11 Å². The Labute approximate surface area is 52.3 Å². The van der Waals surface area contributed by atoms with E-state index in [9.17, 15) is 0 Å². The Morgan fingerprint density at radius 1 is 1.50 bits per heavy atom. The van der Waals surface area contributed by atoms with Crippen LogP contribution in [0, 0.1) is 0 Å². The van der Waals surface area contributed by atoms with E-state index >= 15 is 0 Å². The molecule has 6 N–H and O–H groups in total. The molecule has 5 nitrogen and oxygen atoms in total. The van der Waals surface area contributed by atoms with Gasteiger partial charge in [0.2, 0.25) is 0 Å². The van der Waals surface area contributed by atoms with E-state index in [0.717, 1.165) is 0 Å². The van der Waals surface area contributed by atoms with E-state index in [2.05, 4.69) is 23.7 Å². The Morgan fingerprint density at radius 3 is 1.50 bits per heavy atom. The standard InChI is InChI=1S/CH4N2S.HO3P/c2-1(3)4;1-4(2)3/h(H4,2,3,4);(H-,1,2,3)/p+1. The van der Waals surface area contributed by atoms with Crippen molar-refractivity contribution in [3.05, 3.63) is 0 Å². The van der Waals surface area contributed by atoms with Crippen molar-refractivity contribution in [3.63, 3.8) is 0 Å². The molecule has 0 aliphatic carbocycles. The number of hydrogen-bond acceptors (Lipinski definition) is 2. The van der Waals surface area contributed by atoms with E-state index in [0.29, 0.717) is 0 Å². The second-order valence-corrected chi connectivity index (χ2v) is 1.63. The molecule has 7 heteroatoms. The molecule has 0 aliphatic heterocycles. The van der Waals surface area contributed by atoms with Crippen LogP contribution in [-0.4, -0.2) is 14.9 Å². The average molecular weight is 157 g/mol. The van der Waals surface area contributed by atoms with Gasteiger partial charge in [-0.2, -0.15) is 0 Å². The Hall–Kier alpha value is -0.290. The summed E-state index contributed by atoms with van der Waals surface area (Å²) in [5.74, 6) is 0. The van der Waals surface area contributed by atoms with Crippen LogP contribution >= 0.6 is 20.5 Å². The third kappa shape index (κ3) is 1510. The van der Waals surface area contributed by atoms with Gasteiger partial charge < -0.3 is 11.5 Å². The monoisotopic (exact) mass is 157 g/mol. The van der Waals surface area contributed by atoms with Gasteiger partial charge in [0.1, 0.15) is 0 Å². The molecular weight excluding hydrogens is 151 g/mol. The van der Waals surface area contributed by atoms with Crippen LogP contribution < -0.4 is 11.5 Å². The summed E-state index contributed by atoms with van der Waals surface area (Å²) >= 11 is 4.09. The van der Waals surface area contributed by atoms with Crippen molar-refractivity contribution in [1.82, 2.24) is 0 Å². The van der Waals surface area contributed by atoms with Crippen molar-refractivity contribution in [3.8, 4) is 0 Å². The van der Waals surface area contributed by atoms with Crippen molar-refractivity contribution in [2.75, 3.05) is 0 Å². The van der Waals surface area contributed by atoms with E-state index in [1.54, 1.807) is 0 Å². The molecule has 8 heavy (non-hydrogen) atoms. The van der Waals surface area contributed by atoms with Crippen molar-refractivity contribution in [2.45, 2.75) is 0 Å². The zero-order valence-corrected chi connectivity index (χ0v) is 5.52. The minimum atomic E-state index is -2.87. The third-order valence-electron chi connectivity index (χ3n) is 0. The Kier molecular flexibility index (Phi) is 8.93. The third-order valence-corrected chi connectivity index (χ3v) is 0. The summed E-state index contributed by atoms with van der Waals surface area (Å²) in [7, 11) is -2.87. The second-order valence-electron chi connectivity index (χ2n) is 0.655. The fraction of sp³-hybridized carbons (Fsp3) is 0. The van der Waals surface area contributed by atoms with E-state index < -0.39 is 8.25 Å². The predicted molar refractivity (Wildman–Crippen MR) is 33.0 cm³/mol. The Bertz CT molecular complexity index is 75.3. The highest BCUT2D eigenvalue weighted by molar-refractivity contribution is 7.80. The van der Waals surface area contributed by atoms with Gasteiger partial charge >= 0.3 is 8.25 Å². The molecule has 0 aromatic rings. The van der Waals surface area contributed by atoms with Gasteiger partial charge in [-0.25, -0.2) is 0 Å². The summed E-state index contributed by atoms with van der Waals surface area (Å²) in [5.41, 5.74) is 9.24. The molecule has 0 atom stereocenters. The van der Waals surface area contributed by atoms with Crippen molar-refractivity contribution in [2.24, 2.45) is 11.5 Å². The van der Waals surface area contributed by atoms with Crippen LogP contribution in [0.4, 0.5) is 0 Å². The number of hydrogen-bond donors (Lipinski definition) is 4. The van der Waals surface area contributed by atoms with Crippen molar-refractivity contribution < 1.29 is 14.4 Å². The fourth-order valence-electron chi connectivity index (χ4n) is 0. The molecule has 0 radical (unpaired) electrons. The highest BCUT2D eigenvalue weighted by Gasteiger charge is 1.93. The summed E-state index contributed by atoms with van der Waals surface area (Å²) in [5, 5.41) is 0.000000000000000222. The average Bonchev–Trinajstić information content (AvgIpc) is 1.25. The van der Waals surface area contributed by atoms with Crippen LogP contribution in [0.25, 0.3) is 0 Å². The maximum atomic E-state index is 8.70. The fourth-order valence-corrected chi connectivity index (χ4v) is 0. The number of nitrogens with two attached hydrogens (primary N) is 2. The molecule has 0 bridgehead atoms. The first-order valence-electron chi connectivity index (χ1n) is 1.36. The smallest absolute Gasteiger partial charge is 0.377 e. The molecule has 0 heterocycles. The molecule has 0 aromatic heterocycles. The van der Waals surface area contributed by atoms with Crippen LogP contribution in [0.1, 0.15) is 0 Å². The highest BCUT2D eigenvalue weighted by atomic mass is 32.1. The molecule has 0 aliphatic rings. The summed E-state index contributed by atoms with van der Waals surface area (Å²) in [4.78, 5) is 14.2. The van der Waals surface area contributed by atoms with Crippen LogP contribution in [0.15, 0.2) is 0 Å². The summed E-state index contributed by atoms with van der Waals surface area (Å²) in [6, 6.07) is 0. The van der Waals surface area contributed by atoms with Gasteiger partial charge in [-0.3, -0.25) is 0 Å². The molecule has 0 fully saturated rings. The molecule has 0 saturated carbocycles. The van der Waals surface area contributed by atoms with Crippen LogP contribution in [-0.2, 0) is 4.57 Å². The number of thiocarbonyl (C=S) groups is 1. The Balaban J connectivity index is 0. The topological polar surface area (TPSA) is 110 Å². The summed E-state index contributed by atoms with van der Waals surface area (Å²) < 4.78 is 8.70. The van der Waals surface area contributed by atoms with Crippen molar-refractivity contribution >= 4 is 25.6 Å². The van der Waals surface area contributed by atoms with E-state index in [4.69, 9.17) is 14.4 Å². The zero-order chi connectivity index (χ0) is 7.15. The minimum absolute atomic E-state index is 0.000000000000000222. The van der Waals surface area contributed by atoms with Gasteiger partial charge in [-0.15, -0.1) is 9.79 Å². The van der Waals surface area contributed by atoms with Gasteiger partial charge in [-0.05, 0) is 12.2 Å². The van der Waals surface area contributed by atoms with Gasteiger partial charge in [-0.1, -0.05) is 0 Å². The van der Waals surface area contributed by atoms with Crippen LogP contribution in [0.2, 0.25) is 0 Å².